The van der Waals surface area contributed by atoms with Crippen LogP contribution in [-0.4, -0.2) is 36.6 Å². The normalized spacial score (nSPS) is 42.3. The third-order valence-electron chi connectivity index (χ3n) is 13.4. The van der Waals surface area contributed by atoms with Gasteiger partial charge >= 0.3 is 23.9 Å². The lowest BCUT2D eigenvalue weighted by molar-refractivity contribution is -0.191. The second-order valence-corrected chi connectivity index (χ2v) is 15.3. The van der Waals surface area contributed by atoms with Gasteiger partial charge in [0.1, 0.15) is 5.60 Å². The molecule has 2 saturated heterocycles. The molecule has 7 nitrogen and oxygen atoms in total. The lowest BCUT2D eigenvalue weighted by Crippen LogP contribution is -2.57. The van der Waals surface area contributed by atoms with Crippen LogP contribution in [-0.2, 0) is 33.4 Å². The second kappa shape index (κ2) is 15.7. The first-order valence-corrected chi connectivity index (χ1v) is 15.6. The van der Waals surface area contributed by atoms with Crippen LogP contribution in [0.2, 0.25) is 0 Å². The van der Waals surface area contributed by atoms with E-state index in [9.17, 15) is 19.2 Å². The number of hydrogen-bond acceptors (Lipinski definition) is 7. The number of rotatable bonds is 6. The molecule has 8 unspecified atom stereocenters. The second-order valence-electron chi connectivity index (χ2n) is 15.3. The fourth-order valence-corrected chi connectivity index (χ4v) is 11.6. The molecule has 278 valence electrons. The van der Waals surface area contributed by atoms with Gasteiger partial charge in [-0.2, -0.15) is 0 Å². The van der Waals surface area contributed by atoms with Crippen molar-refractivity contribution < 1.29 is 33.4 Å². The monoisotopic (exact) mass is 669 g/mol. The van der Waals surface area contributed by atoms with E-state index in [1.807, 2.05) is 6.92 Å². The molecular weight excluding hydrogens is 592 g/mol. The highest BCUT2D eigenvalue weighted by Crippen LogP contribution is 2.66. The highest BCUT2D eigenvalue weighted by atomic mass is 16.6. The first-order chi connectivity index (χ1) is 18.5. The molecule has 8 aliphatic rings. The Morgan fingerprint density at radius 3 is 1.85 bits per heavy atom. The van der Waals surface area contributed by atoms with E-state index in [1.165, 1.54) is 20.0 Å². The van der Waals surface area contributed by atoms with Crippen molar-refractivity contribution in [2.75, 3.05) is 7.11 Å². The van der Waals surface area contributed by atoms with Gasteiger partial charge in [0.25, 0.3) is 0 Å². The maximum atomic E-state index is 13.6. The topological polar surface area (TPSA) is 96.0 Å². The zero-order valence-corrected chi connectivity index (χ0v) is 23.9. The number of cyclic esters (lactones) is 2. The molecule has 1 spiro atoms. The Morgan fingerprint density at radius 2 is 1.36 bits per heavy atom. The summed E-state index contributed by atoms with van der Waals surface area (Å²) in [4.78, 5) is 53.7. The molecule has 0 amide bonds. The predicted molar refractivity (Wildman–Crippen MR) is 193 cm³/mol. The Kier molecular flexibility index (Phi) is 15.8. The highest BCUT2D eigenvalue weighted by molar-refractivity contribution is 6.00. The van der Waals surface area contributed by atoms with Crippen molar-refractivity contribution in [2.24, 2.45) is 70.0 Å². The van der Waals surface area contributed by atoms with Gasteiger partial charge in [-0.25, -0.2) is 0 Å². The summed E-state index contributed by atoms with van der Waals surface area (Å²) in [5.74, 6) is 0.481. The van der Waals surface area contributed by atoms with Crippen molar-refractivity contribution >= 4 is 23.9 Å². The van der Waals surface area contributed by atoms with E-state index in [0.29, 0.717) is 42.4 Å². The summed E-state index contributed by atoms with van der Waals surface area (Å²) in [5.41, 5.74) is -2.36. The van der Waals surface area contributed by atoms with Crippen LogP contribution >= 0.6 is 0 Å². The molecule has 7 heteroatoms. The van der Waals surface area contributed by atoms with E-state index in [0.717, 1.165) is 50.4 Å². The SMILES string of the molecule is C.C.C.C.C.C.C.C.COC(=O)C(C)(CCC1(C)CC2(OC1=O)C1CC3CC(C1)CC2C3)C1C(=O)OC(=O)C1C1C2CCC(C2)C1C. The van der Waals surface area contributed by atoms with E-state index >= 15 is 0 Å². The van der Waals surface area contributed by atoms with Crippen molar-refractivity contribution in [3.63, 3.8) is 0 Å². The molecule has 0 aromatic heterocycles. The third-order valence-corrected chi connectivity index (χ3v) is 13.4. The maximum absolute atomic E-state index is 13.6. The van der Waals surface area contributed by atoms with E-state index in [1.54, 1.807) is 6.92 Å². The quantitative estimate of drug-likeness (QED) is 0.158. The van der Waals surface area contributed by atoms with Crippen LogP contribution in [0, 0.1) is 70.0 Å². The first kappa shape index (κ1) is 47.2. The molecule has 0 N–H and O–H groups in total. The Labute approximate surface area is 290 Å². The minimum Gasteiger partial charge on any atom is -0.469 e. The van der Waals surface area contributed by atoms with Gasteiger partial charge in [0.05, 0.1) is 29.8 Å². The van der Waals surface area contributed by atoms with Crippen molar-refractivity contribution in [2.45, 2.75) is 156 Å². The lowest BCUT2D eigenvalue weighted by Gasteiger charge is -2.59. The Balaban J connectivity index is 0. The standard InChI is InChI=1S/C32H44O7.8CH4/c1-16-19-5-6-20(14-19)23(16)24-25(27(34)38-26(24)33)31(3,29(36)37-4)8-7-30(2)15-32(39-28(30)35)21-10-17-9-18(12-21)13-22(32)11-17;;;;;;;;/h16-25H,5-15H2,1-4H3;8*1H4. The Morgan fingerprint density at radius 1 is 0.830 bits per heavy atom. The van der Waals surface area contributed by atoms with Crippen LogP contribution in [0.4, 0.5) is 0 Å². The summed E-state index contributed by atoms with van der Waals surface area (Å²) < 4.78 is 17.0. The van der Waals surface area contributed by atoms with Gasteiger partial charge in [-0.1, -0.05) is 66.3 Å². The maximum Gasteiger partial charge on any atom is 0.318 e. The summed E-state index contributed by atoms with van der Waals surface area (Å²) in [7, 11) is 1.34. The number of ether oxygens (including phenoxy) is 3. The fourth-order valence-electron chi connectivity index (χ4n) is 11.6. The number of carbonyl (C=O) groups excluding carboxylic acids is 4. The molecule has 47 heavy (non-hydrogen) atoms. The van der Waals surface area contributed by atoms with Gasteiger partial charge in [0.15, 0.2) is 0 Å². The largest absolute Gasteiger partial charge is 0.469 e. The number of fused-ring (bicyclic) bond motifs is 2. The molecule has 8 rings (SSSR count). The molecule has 2 aliphatic heterocycles. The number of methoxy groups -OCH3 is 1. The molecule has 6 aliphatic carbocycles. The number of hydrogen-bond donors (Lipinski definition) is 0. The number of carbonyl (C=O) groups is 4. The van der Waals surface area contributed by atoms with E-state index in [4.69, 9.17) is 14.2 Å². The summed E-state index contributed by atoms with van der Waals surface area (Å²) in [6.45, 7) is 5.94. The van der Waals surface area contributed by atoms with Gasteiger partial charge in [-0.3, -0.25) is 19.2 Å². The van der Waals surface area contributed by atoms with E-state index in [-0.39, 0.29) is 83.3 Å². The number of esters is 4. The van der Waals surface area contributed by atoms with Crippen LogP contribution in [0.3, 0.4) is 0 Å². The van der Waals surface area contributed by atoms with Gasteiger partial charge in [0.2, 0.25) is 0 Å². The van der Waals surface area contributed by atoms with Crippen LogP contribution in [0.1, 0.15) is 151 Å². The smallest absolute Gasteiger partial charge is 0.318 e. The van der Waals surface area contributed by atoms with Gasteiger partial charge in [-0.15, -0.1) is 0 Å². The molecular formula is C40H76O7. The fraction of sp³-hybridized carbons (Fsp3) is 0.900. The molecule has 0 aromatic rings. The average Bonchev–Trinajstić information content (AvgIpc) is 3.63. The summed E-state index contributed by atoms with van der Waals surface area (Å²) in [5, 5.41) is 0. The summed E-state index contributed by atoms with van der Waals surface area (Å²) >= 11 is 0. The molecule has 8 fully saturated rings. The Hall–Kier alpha value is -1.92. The molecule has 2 heterocycles. The first-order valence-electron chi connectivity index (χ1n) is 15.6. The van der Waals surface area contributed by atoms with Crippen LogP contribution in [0.25, 0.3) is 0 Å². The van der Waals surface area contributed by atoms with E-state index < -0.39 is 40.6 Å². The zero-order chi connectivity index (χ0) is 27.5. The van der Waals surface area contributed by atoms with Crippen molar-refractivity contribution in [3.05, 3.63) is 0 Å². The van der Waals surface area contributed by atoms with E-state index in [2.05, 4.69) is 6.92 Å². The van der Waals surface area contributed by atoms with Crippen molar-refractivity contribution in [1.29, 1.82) is 0 Å². The lowest BCUT2D eigenvalue weighted by atomic mass is 9.48. The predicted octanol–water partition coefficient (Wildman–Crippen LogP) is 10.2. The zero-order valence-electron chi connectivity index (χ0n) is 23.9. The van der Waals surface area contributed by atoms with Crippen LogP contribution < -0.4 is 0 Å². The van der Waals surface area contributed by atoms with Crippen molar-refractivity contribution in [3.8, 4) is 0 Å². The third kappa shape index (κ3) is 6.56. The molecule has 6 saturated carbocycles. The molecule has 0 aromatic carbocycles. The average molecular weight is 669 g/mol. The van der Waals surface area contributed by atoms with Gasteiger partial charge in [-0.05, 0) is 125 Å². The van der Waals surface area contributed by atoms with Gasteiger partial charge in [0, 0.05) is 6.42 Å². The molecule has 6 bridgehead atoms. The summed E-state index contributed by atoms with van der Waals surface area (Å²) in [6.07, 6.45) is 10.7. The highest BCUT2D eigenvalue weighted by Gasteiger charge is 2.68. The van der Waals surface area contributed by atoms with Gasteiger partial charge < -0.3 is 14.2 Å². The van der Waals surface area contributed by atoms with Crippen LogP contribution in [0.5, 0.6) is 0 Å². The van der Waals surface area contributed by atoms with Crippen LogP contribution in [0.15, 0.2) is 0 Å². The van der Waals surface area contributed by atoms with Crippen molar-refractivity contribution in [1.82, 2.24) is 0 Å². The Bertz CT molecular complexity index is 1080. The molecule has 8 atom stereocenters. The summed E-state index contributed by atoms with van der Waals surface area (Å²) in [6, 6.07) is 0. The minimum atomic E-state index is -1.26. The minimum absolute atomic E-state index is 0. The molecule has 0 radical (unpaired) electrons.